The maximum Gasteiger partial charge on any atom is 0.119 e. The van der Waals surface area contributed by atoms with Crippen LogP contribution >= 0.6 is 9.24 Å². The summed E-state index contributed by atoms with van der Waals surface area (Å²) in [4.78, 5) is 0. The van der Waals surface area contributed by atoms with Gasteiger partial charge in [-0.3, -0.25) is 0 Å². The first-order chi connectivity index (χ1) is 8.52. The van der Waals surface area contributed by atoms with Crippen LogP contribution in [0.2, 0.25) is 0 Å². The second-order valence-electron chi connectivity index (χ2n) is 4.73. The van der Waals surface area contributed by atoms with Gasteiger partial charge >= 0.3 is 0 Å². The molecule has 0 N–H and O–H groups in total. The summed E-state index contributed by atoms with van der Waals surface area (Å²) in [6, 6.07) is 10.6. The van der Waals surface area contributed by atoms with Gasteiger partial charge in [-0.15, -0.1) is 9.24 Å². The van der Waals surface area contributed by atoms with E-state index in [1.165, 1.54) is 33.1 Å². The minimum absolute atomic E-state index is 0.899. The first-order valence-corrected chi connectivity index (χ1v) is 6.62. The number of ether oxygens (including phenoxy) is 1. The standard InChI is InChI=1S/C16H19OP/c1-10-7-11(2)16(12(3)8-10)14-9-13(17-4)5-6-15(14)18/h5-9H,18H2,1-4H3. The number of rotatable bonds is 2. The van der Waals surface area contributed by atoms with Gasteiger partial charge in [0.1, 0.15) is 5.75 Å². The van der Waals surface area contributed by atoms with E-state index >= 15 is 0 Å². The maximum atomic E-state index is 5.33. The van der Waals surface area contributed by atoms with E-state index in [0.717, 1.165) is 5.75 Å². The lowest BCUT2D eigenvalue weighted by Crippen LogP contribution is -2.01. The molecule has 94 valence electrons. The molecular formula is C16H19OP. The van der Waals surface area contributed by atoms with Gasteiger partial charge in [-0.25, -0.2) is 0 Å². The van der Waals surface area contributed by atoms with Gasteiger partial charge in [0.25, 0.3) is 0 Å². The van der Waals surface area contributed by atoms with Crippen molar-refractivity contribution in [2.24, 2.45) is 0 Å². The smallest absolute Gasteiger partial charge is 0.119 e. The van der Waals surface area contributed by atoms with Crippen molar-refractivity contribution in [1.82, 2.24) is 0 Å². The molecule has 2 aromatic rings. The Labute approximate surface area is 111 Å². The molecule has 0 bridgehead atoms. The molecule has 0 saturated heterocycles. The van der Waals surface area contributed by atoms with E-state index in [0.29, 0.717) is 0 Å². The lowest BCUT2D eigenvalue weighted by molar-refractivity contribution is 0.415. The van der Waals surface area contributed by atoms with Crippen LogP contribution in [0.3, 0.4) is 0 Å². The van der Waals surface area contributed by atoms with E-state index < -0.39 is 0 Å². The summed E-state index contributed by atoms with van der Waals surface area (Å²) in [5.74, 6) is 0.899. The normalized spacial score (nSPS) is 10.5. The molecule has 0 spiro atoms. The fraction of sp³-hybridized carbons (Fsp3) is 0.250. The molecule has 0 aliphatic rings. The van der Waals surface area contributed by atoms with Gasteiger partial charge in [0.15, 0.2) is 0 Å². The van der Waals surface area contributed by atoms with E-state index in [2.05, 4.69) is 54.3 Å². The first-order valence-electron chi connectivity index (χ1n) is 6.04. The topological polar surface area (TPSA) is 9.23 Å². The monoisotopic (exact) mass is 258 g/mol. The fourth-order valence-corrected chi connectivity index (χ4v) is 2.81. The van der Waals surface area contributed by atoms with Crippen LogP contribution in [0.25, 0.3) is 11.1 Å². The predicted octanol–water partition coefficient (Wildman–Crippen LogP) is 3.79. The molecule has 0 heterocycles. The van der Waals surface area contributed by atoms with E-state index in [1.54, 1.807) is 7.11 Å². The molecule has 0 aliphatic carbocycles. The third kappa shape index (κ3) is 2.42. The van der Waals surface area contributed by atoms with Crippen molar-refractivity contribution in [2.75, 3.05) is 7.11 Å². The summed E-state index contributed by atoms with van der Waals surface area (Å²) in [5, 5.41) is 1.20. The zero-order chi connectivity index (χ0) is 13.3. The second kappa shape index (κ2) is 5.12. The number of hydrogen-bond donors (Lipinski definition) is 0. The quantitative estimate of drug-likeness (QED) is 0.745. The van der Waals surface area contributed by atoms with Gasteiger partial charge in [0, 0.05) is 0 Å². The SMILES string of the molecule is COc1ccc(P)c(-c2c(C)cc(C)cc2C)c1. The molecule has 1 atom stereocenters. The molecular weight excluding hydrogens is 239 g/mol. The summed E-state index contributed by atoms with van der Waals surface area (Å²) < 4.78 is 5.33. The number of aryl methyl sites for hydroxylation is 3. The van der Waals surface area contributed by atoms with E-state index in [-0.39, 0.29) is 0 Å². The van der Waals surface area contributed by atoms with Gasteiger partial charge in [-0.2, -0.15) is 0 Å². The van der Waals surface area contributed by atoms with Crippen molar-refractivity contribution in [3.8, 4) is 16.9 Å². The minimum atomic E-state index is 0.899. The van der Waals surface area contributed by atoms with Crippen LogP contribution in [0.1, 0.15) is 16.7 Å². The fourth-order valence-electron chi connectivity index (χ4n) is 2.48. The Hall–Kier alpha value is -1.33. The molecule has 0 saturated carbocycles. The molecule has 2 aromatic carbocycles. The Bertz CT molecular complexity index is 565. The highest BCUT2D eigenvalue weighted by Gasteiger charge is 2.10. The lowest BCUT2D eigenvalue weighted by atomic mass is 9.94. The van der Waals surface area contributed by atoms with Crippen LogP contribution in [0, 0.1) is 20.8 Å². The van der Waals surface area contributed by atoms with Crippen molar-refractivity contribution in [3.63, 3.8) is 0 Å². The minimum Gasteiger partial charge on any atom is -0.497 e. The Morgan fingerprint density at radius 3 is 2.11 bits per heavy atom. The van der Waals surface area contributed by atoms with E-state index in [1.807, 2.05) is 6.07 Å². The number of methoxy groups -OCH3 is 1. The summed E-state index contributed by atoms with van der Waals surface area (Å²) >= 11 is 0. The molecule has 0 radical (unpaired) electrons. The molecule has 2 heteroatoms. The third-order valence-electron chi connectivity index (χ3n) is 3.21. The van der Waals surface area contributed by atoms with Crippen LogP contribution in [0.5, 0.6) is 5.75 Å². The van der Waals surface area contributed by atoms with Crippen molar-refractivity contribution in [1.29, 1.82) is 0 Å². The Balaban J connectivity index is 2.68. The van der Waals surface area contributed by atoms with Crippen LogP contribution in [-0.2, 0) is 0 Å². The Kier molecular flexibility index (Phi) is 3.73. The lowest BCUT2D eigenvalue weighted by Gasteiger charge is -2.15. The second-order valence-corrected chi connectivity index (χ2v) is 5.35. The highest BCUT2D eigenvalue weighted by atomic mass is 31.0. The van der Waals surface area contributed by atoms with Gasteiger partial charge < -0.3 is 4.74 Å². The molecule has 0 aromatic heterocycles. The van der Waals surface area contributed by atoms with Crippen molar-refractivity contribution >= 4 is 14.5 Å². The van der Waals surface area contributed by atoms with E-state index in [9.17, 15) is 0 Å². The highest BCUT2D eigenvalue weighted by molar-refractivity contribution is 7.28. The zero-order valence-electron chi connectivity index (χ0n) is 11.4. The number of hydrogen-bond acceptors (Lipinski definition) is 1. The van der Waals surface area contributed by atoms with Crippen molar-refractivity contribution in [3.05, 3.63) is 47.0 Å². The average molecular weight is 258 g/mol. The molecule has 0 amide bonds. The summed E-state index contributed by atoms with van der Waals surface area (Å²) in [6.45, 7) is 6.47. The Morgan fingerprint density at radius 1 is 0.944 bits per heavy atom. The highest BCUT2D eigenvalue weighted by Crippen LogP contribution is 2.30. The zero-order valence-corrected chi connectivity index (χ0v) is 12.5. The summed E-state index contributed by atoms with van der Waals surface area (Å²) in [6.07, 6.45) is 0. The average Bonchev–Trinajstić information content (AvgIpc) is 2.30. The third-order valence-corrected chi connectivity index (χ3v) is 3.71. The predicted molar refractivity (Wildman–Crippen MR) is 82.0 cm³/mol. The van der Waals surface area contributed by atoms with Crippen LogP contribution < -0.4 is 10.0 Å². The van der Waals surface area contributed by atoms with Crippen LogP contribution in [0.15, 0.2) is 30.3 Å². The molecule has 0 aliphatic heterocycles. The van der Waals surface area contributed by atoms with Gasteiger partial charge in [0.2, 0.25) is 0 Å². The molecule has 1 nitrogen and oxygen atoms in total. The summed E-state index contributed by atoms with van der Waals surface area (Å²) in [5.41, 5.74) is 6.47. The maximum absolute atomic E-state index is 5.33. The summed E-state index contributed by atoms with van der Waals surface area (Å²) in [7, 11) is 4.51. The van der Waals surface area contributed by atoms with Gasteiger partial charge in [-0.1, -0.05) is 23.8 Å². The molecule has 18 heavy (non-hydrogen) atoms. The molecule has 1 unspecified atom stereocenters. The Morgan fingerprint density at radius 2 is 1.56 bits per heavy atom. The molecule has 2 rings (SSSR count). The van der Waals surface area contributed by atoms with Crippen molar-refractivity contribution in [2.45, 2.75) is 20.8 Å². The number of benzene rings is 2. The van der Waals surface area contributed by atoms with Gasteiger partial charge in [0.05, 0.1) is 7.11 Å². The van der Waals surface area contributed by atoms with Gasteiger partial charge in [-0.05, 0) is 60.5 Å². The van der Waals surface area contributed by atoms with E-state index in [4.69, 9.17) is 4.74 Å². The largest absolute Gasteiger partial charge is 0.497 e. The van der Waals surface area contributed by atoms with Crippen LogP contribution in [0.4, 0.5) is 0 Å². The van der Waals surface area contributed by atoms with Crippen molar-refractivity contribution < 1.29 is 4.74 Å². The van der Waals surface area contributed by atoms with Crippen LogP contribution in [-0.4, -0.2) is 7.11 Å². The first kappa shape index (κ1) is 13.1. The molecule has 0 fully saturated rings.